The normalized spacial score (nSPS) is 11.6. The number of rotatable bonds is 8. The summed E-state index contributed by atoms with van der Waals surface area (Å²) in [4.78, 5) is 29.0. The fourth-order valence-corrected chi connectivity index (χ4v) is 4.50. The van der Waals surface area contributed by atoms with E-state index in [1.165, 1.54) is 31.9 Å². The number of thioether (sulfide) groups is 1. The number of hydrogen-bond donors (Lipinski definition) is 1. The van der Waals surface area contributed by atoms with Crippen LogP contribution in [-0.4, -0.2) is 60.9 Å². The van der Waals surface area contributed by atoms with Crippen LogP contribution in [0.15, 0.2) is 58.7 Å². The molecule has 3 aromatic rings. The number of hydrogen-bond acceptors (Lipinski definition) is 7. The molecule has 0 spiro atoms. The van der Waals surface area contributed by atoms with Gasteiger partial charge in [-0.1, -0.05) is 36.0 Å². The first-order chi connectivity index (χ1) is 14.8. The van der Waals surface area contributed by atoms with Crippen molar-refractivity contribution in [3.05, 3.63) is 59.9 Å². The first-order valence-electron chi connectivity index (χ1n) is 9.21. The van der Waals surface area contributed by atoms with Crippen molar-refractivity contribution in [2.75, 3.05) is 27.0 Å². The third kappa shape index (κ3) is 4.89. The Morgan fingerprint density at radius 1 is 1.16 bits per heavy atom. The molecule has 3 rings (SSSR count). The number of ether oxygens (including phenoxy) is 1. The number of carbonyl (C=O) groups is 2. The average molecular weight is 463 g/mol. The van der Waals surface area contributed by atoms with E-state index in [4.69, 9.17) is 4.74 Å². The molecule has 0 saturated heterocycles. The summed E-state index contributed by atoms with van der Waals surface area (Å²) in [6, 6.07) is 11.7. The monoisotopic (exact) mass is 462 g/mol. The van der Waals surface area contributed by atoms with Gasteiger partial charge in [-0.3, -0.25) is 9.20 Å². The molecule has 0 aliphatic heterocycles. The minimum atomic E-state index is -3.65. The van der Waals surface area contributed by atoms with Crippen molar-refractivity contribution in [3.8, 4) is 0 Å². The van der Waals surface area contributed by atoms with E-state index in [9.17, 15) is 18.0 Å². The maximum Gasteiger partial charge on any atom is 0.359 e. The van der Waals surface area contributed by atoms with Crippen LogP contribution >= 0.6 is 11.8 Å². The molecule has 11 heteroatoms. The minimum Gasteiger partial charge on any atom is -0.451 e. The standard InChI is InChI=1S/C20H22N4O5S2/c1-23(2)31(27,28)16-10-5-4-8-14(16)12-21-17(25)13-29-19(26)18-15-9-6-7-11-24(15)20(22-18)30-3/h4-11H,12-13H2,1-3H3,(H,21,25). The topological polar surface area (TPSA) is 110 Å². The smallest absolute Gasteiger partial charge is 0.359 e. The number of carbonyl (C=O) groups excluding carboxylic acids is 2. The Kier molecular flexibility index (Phi) is 6.98. The van der Waals surface area contributed by atoms with Gasteiger partial charge in [0.25, 0.3) is 5.91 Å². The number of pyridine rings is 1. The van der Waals surface area contributed by atoms with Gasteiger partial charge in [0, 0.05) is 26.8 Å². The van der Waals surface area contributed by atoms with E-state index in [2.05, 4.69) is 10.3 Å². The SMILES string of the molecule is CSc1nc(C(=O)OCC(=O)NCc2ccccc2S(=O)(=O)N(C)C)c2ccccn12. The Morgan fingerprint density at radius 3 is 2.58 bits per heavy atom. The lowest BCUT2D eigenvalue weighted by molar-refractivity contribution is -0.124. The molecule has 0 atom stereocenters. The lowest BCUT2D eigenvalue weighted by atomic mass is 10.2. The molecular formula is C20H22N4O5S2. The number of nitrogens with one attached hydrogen (secondary N) is 1. The van der Waals surface area contributed by atoms with Gasteiger partial charge in [0.05, 0.1) is 10.4 Å². The first kappa shape index (κ1) is 22.8. The Labute approximate surface area is 184 Å². The molecule has 0 aliphatic carbocycles. The third-order valence-corrected chi connectivity index (χ3v) is 7.00. The van der Waals surface area contributed by atoms with Crippen LogP contribution in [0, 0.1) is 0 Å². The molecule has 1 aromatic carbocycles. The highest BCUT2D eigenvalue weighted by molar-refractivity contribution is 7.98. The van der Waals surface area contributed by atoms with Gasteiger partial charge < -0.3 is 10.1 Å². The van der Waals surface area contributed by atoms with Crippen LogP contribution in [-0.2, 0) is 26.1 Å². The molecule has 0 unspecified atom stereocenters. The van der Waals surface area contributed by atoms with E-state index >= 15 is 0 Å². The van der Waals surface area contributed by atoms with Gasteiger partial charge >= 0.3 is 5.97 Å². The third-order valence-electron chi connectivity index (χ3n) is 4.43. The number of fused-ring (bicyclic) bond motifs is 1. The molecule has 2 aromatic heterocycles. The lowest BCUT2D eigenvalue weighted by Crippen LogP contribution is -2.30. The zero-order valence-electron chi connectivity index (χ0n) is 17.2. The molecule has 164 valence electrons. The predicted octanol–water partition coefficient (Wildman–Crippen LogP) is 1.78. The van der Waals surface area contributed by atoms with Crippen molar-refractivity contribution in [1.82, 2.24) is 19.0 Å². The van der Waals surface area contributed by atoms with Gasteiger partial charge in [0.2, 0.25) is 10.0 Å². The second-order valence-electron chi connectivity index (χ2n) is 6.65. The number of benzene rings is 1. The lowest BCUT2D eigenvalue weighted by Gasteiger charge is -2.15. The highest BCUT2D eigenvalue weighted by atomic mass is 32.2. The van der Waals surface area contributed by atoms with Gasteiger partial charge in [-0.15, -0.1) is 0 Å². The Bertz CT molecular complexity index is 1220. The van der Waals surface area contributed by atoms with Crippen LogP contribution < -0.4 is 5.32 Å². The predicted molar refractivity (Wildman–Crippen MR) is 116 cm³/mol. The first-order valence-corrected chi connectivity index (χ1v) is 11.9. The van der Waals surface area contributed by atoms with Crippen molar-refractivity contribution in [1.29, 1.82) is 0 Å². The van der Waals surface area contributed by atoms with Crippen molar-refractivity contribution in [2.45, 2.75) is 16.6 Å². The number of imidazole rings is 1. The molecule has 1 N–H and O–H groups in total. The highest BCUT2D eigenvalue weighted by Crippen LogP contribution is 2.21. The van der Waals surface area contributed by atoms with Crippen LogP contribution in [0.3, 0.4) is 0 Å². The van der Waals surface area contributed by atoms with Crippen molar-refractivity contribution in [2.24, 2.45) is 0 Å². The second-order valence-corrected chi connectivity index (χ2v) is 9.54. The number of amides is 1. The molecule has 0 fully saturated rings. The van der Waals surface area contributed by atoms with E-state index in [-0.39, 0.29) is 17.1 Å². The summed E-state index contributed by atoms with van der Waals surface area (Å²) in [6.07, 6.45) is 3.63. The largest absolute Gasteiger partial charge is 0.451 e. The van der Waals surface area contributed by atoms with Gasteiger partial charge in [-0.05, 0) is 30.0 Å². The second kappa shape index (κ2) is 9.50. The zero-order chi connectivity index (χ0) is 22.6. The molecule has 0 saturated carbocycles. The quantitative estimate of drug-likeness (QED) is 0.401. The van der Waals surface area contributed by atoms with Crippen LogP contribution in [0.2, 0.25) is 0 Å². The van der Waals surface area contributed by atoms with Gasteiger partial charge in [-0.25, -0.2) is 22.5 Å². The van der Waals surface area contributed by atoms with Crippen molar-refractivity contribution in [3.63, 3.8) is 0 Å². The van der Waals surface area contributed by atoms with Crippen LogP contribution in [0.4, 0.5) is 0 Å². The summed E-state index contributed by atoms with van der Waals surface area (Å²) in [6.45, 7) is -0.536. The van der Waals surface area contributed by atoms with Crippen molar-refractivity contribution < 1.29 is 22.7 Å². The number of sulfonamides is 1. The van der Waals surface area contributed by atoms with E-state index in [1.807, 2.05) is 12.3 Å². The maximum absolute atomic E-state index is 12.5. The molecule has 0 bridgehead atoms. The van der Waals surface area contributed by atoms with Gasteiger partial charge in [0.1, 0.15) is 0 Å². The van der Waals surface area contributed by atoms with Crippen LogP contribution in [0.5, 0.6) is 0 Å². The van der Waals surface area contributed by atoms with E-state index < -0.39 is 28.5 Å². The maximum atomic E-state index is 12.5. The summed E-state index contributed by atoms with van der Waals surface area (Å²) in [5.74, 6) is -1.27. The van der Waals surface area contributed by atoms with Crippen LogP contribution in [0.25, 0.3) is 5.52 Å². The summed E-state index contributed by atoms with van der Waals surface area (Å²) in [7, 11) is -0.781. The number of esters is 1. The summed E-state index contributed by atoms with van der Waals surface area (Å²) in [5.41, 5.74) is 1.14. The zero-order valence-corrected chi connectivity index (χ0v) is 18.9. The molecule has 9 nitrogen and oxygen atoms in total. The Balaban J connectivity index is 1.64. The highest BCUT2D eigenvalue weighted by Gasteiger charge is 2.22. The molecule has 2 heterocycles. The minimum absolute atomic E-state index is 0.0241. The fraction of sp³-hybridized carbons (Fsp3) is 0.250. The average Bonchev–Trinajstić information content (AvgIpc) is 3.15. The molecule has 31 heavy (non-hydrogen) atoms. The number of aromatic nitrogens is 2. The number of nitrogens with zero attached hydrogens (tertiary/aromatic N) is 3. The van der Waals surface area contributed by atoms with Gasteiger partial charge in [0.15, 0.2) is 17.5 Å². The van der Waals surface area contributed by atoms with E-state index in [0.29, 0.717) is 16.2 Å². The summed E-state index contributed by atoms with van der Waals surface area (Å²) in [5, 5.41) is 3.21. The van der Waals surface area contributed by atoms with Crippen molar-refractivity contribution >= 4 is 39.2 Å². The molecule has 0 aliphatic rings. The Hall–Kier alpha value is -2.89. The Morgan fingerprint density at radius 2 is 1.87 bits per heavy atom. The molecular weight excluding hydrogens is 440 g/mol. The molecule has 0 radical (unpaired) electrons. The molecule has 1 amide bonds. The van der Waals surface area contributed by atoms with Gasteiger partial charge in [-0.2, -0.15) is 0 Å². The van der Waals surface area contributed by atoms with E-state index in [0.717, 1.165) is 4.31 Å². The van der Waals surface area contributed by atoms with E-state index in [1.54, 1.807) is 40.9 Å². The summed E-state index contributed by atoms with van der Waals surface area (Å²) >= 11 is 1.38. The summed E-state index contributed by atoms with van der Waals surface area (Å²) < 4.78 is 32.9. The fourth-order valence-electron chi connectivity index (χ4n) is 2.85. The van der Waals surface area contributed by atoms with Crippen LogP contribution in [0.1, 0.15) is 16.1 Å².